The van der Waals surface area contributed by atoms with E-state index < -0.39 is 0 Å². The summed E-state index contributed by atoms with van der Waals surface area (Å²) >= 11 is 0. The van der Waals surface area contributed by atoms with Crippen LogP contribution in [0.5, 0.6) is 0 Å². The molecule has 1 aromatic carbocycles. The average Bonchev–Trinajstić information content (AvgIpc) is 3.43. The summed E-state index contributed by atoms with van der Waals surface area (Å²) in [5.74, 6) is -0.735. The molecule has 36 heavy (non-hydrogen) atoms. The van der Waals surface area contributed by atoms with Gasteiger partial charge < -0.3 is 18.9 Å². The Hall–Kier alpha value is -1.93. The van der Waals surface area contributed by atoms with Crippen LogP contribution in [0.3, 0.4) is 0 Å². The van der Waals surface area contributed by atoms with Gasteiger partial charge >= 0.3 is 11.9 Å². The van der Waals surface area contributed by atoms with Gasteiger partial charge in [0.15, 0.2) is 0 Å². The molecule has 2 aliphatic carbocycles. The van der Waals surface area contributed by atoms with E-state index in [9.17, 15) is 9.59 Å². The summed E-state index contributed by atoms with van der Waals surface area (Å²) < 4.78 is 22.1. The minimum atomic E-state index is -0.368. The van der Waals surface area contributed by atoms with Crippen LogP contribution in [0.1, 0.15) is 50.7 Å². The minimum absolute atomic E-state index is 0. The van der Waals surface area contributed by atoms with Gasteiger partial charge in [0.05, 0.1) is 37.6 Å². The molecule has 6 aliphatic rings. The fourth-order valence-electron chi connectivity index (χ4n) is 4.09. The number of carbonyl (C=O) groups is 2. The van der Waals surface area contributed by atoms with Gasteiger partial charge in [-0.3, -0.25) is 0 Å². The van der Waals surface area contributed by atoms with Crippen molar-refractivity contribution in [3.8, 4) is 0 Å². The maximum absolute atomic E-state index is 12.6. The Bertz CT molecular complexity index is 811. The number of ether oxygens (including phenoxy) is 4. The average molecular weight is 539 g/mol. The van der Waals surface area contributed by atoms with E-state index in [4.69, 9.17) is 18.9 Å². The second kappa shape index (κ2) is 16.7. The van der Waals surface area contributed by atoms with Crippen LogP contribution in [-0.4, -0.2) is 38.4 Å². The maximum atomic E-state index is 12.6. The van der Waals surface area contributed by atoms with Crippen molar-refractivity contribution >= 4 is 11.9 Å². The molecule has 0 atom stereocenters. The molecule has 6 radical (unpaired) electrons. The van der Waals surface area contributed by atoms with Crippen molar-refractivity contribution in [2.75, 3.05) is 26.4 Å². The predicted molar refractivity (Wildman–Crippen MR) is 133 cm³/mol. The second-order valence-corrected chi connectivity index (χ2v) is 8.24. The Labute approximate surface area is 226 Å². The van der Waals surface area contributed by atoms with Crippen molar-refractivity contribution in [3.05, 3.63) is 89.8 Å². The molecule has 4 bridgehead atoms. The summed E-state index contributed by atoms with van der Waals surface area (Å²) in [6.45, 7) is 6.27. The smallest absolute Gasteiger partial charge is 0.338 e. The van der Waals surface area contributed by atoms with E-state index in [2.05, 4.69) is 24.3 Å². The molecule has 4 heterocycles. The van der Waals surface area contributed by atoms with Crippen molar-refractivity contribution < 1.29 is 45.3 Å². The van der Waals surface area contributed by atoms with E-state index in [1.807, 2.05) is 32.1 Å². The van der Waals surface area contributed by atoms with Gasteiger partial charge in [-0.25, -0.2) is 9.59 Å². The van der Waals surface area contributed by atoms with E-state index in [1.54, 1.807) is 13.8 Å². The van der Waals surface area contributed by atoms with Gasteiger partial charge in [0.2, 0.25) is 0 Å². The molecule has 0 spiro atoms. The van der Waals surface area contributed by atoms with Crippen LogP contribution in [0.4, 0.5) is 0 Å². The number of carbonyl (C=O) groups excluding carboxylic acids is 2. The van der Waals surface area contributed by atoms with Gasteiger partial charge in [0, 0.05) is 30.0 Å². The van der Waals surface area contributed by atoms with E-state index in [-0.39, 0.29) is 28.7 Å². The summed E-state index contributed by atoms with van der Waals surface area (Å²) in [5, 5.41) is 0. The van der Waals surface area contributed by atoms with E-state index in [1.165, 1.54) is 0 Å². The molecule has 6 nitrogen and oxygen atoms in total. The second-order valence-electron chi connectivity index (χ2n) is 8.24. The zero-order valence-electron chi connectivity index (χ0n) is 21.1. The van der Waals surface area contributed by atoms with E-state index in [0.29, 0.717) is 76.5 Å². The van der Waals surface area contributed by atoms with Crippen molar-refractivity contribution in [1.29, 1.82) is 0 Å². The van der Waals surface area contributed by atoms with Gasteiger partial charge in [-0.2, -0.15) is 0 Å². The molecule has 7 rings (SSSR count). The number of esters is 2. The molecule has 0 N–H and O–H groups in total. The summed E-state index contributed by atoms with van der Waals surface area (Å²) in [6.07, 6.45) is 12.5. The Kier molecular flexibility index (Phi) is 14.1. The van der Waals surface area contributed by atoms with E-state index in [0.717, 1.165) is 22.3 Å². The minimum Gasteiger partial charge on any atom is -0.462 e. The Morgan fingerprint density at radius 3 is 1.39 bits per heavy atom. The summed E-state index contributed by atoms with van der Waals surface area (Å²) in [5.41, 5.74) is 4.76. The normalized spacial score (nSPS) is 18.3. The van der Waals surface area contributed by atoms with Gasteiger partial charge in [-0.15, -0.1) is 0 Å². The number of hydrogen-bond acceptors (Lipinski definition) is 6. The molecule has 0 unspecified atom stereocenters. The number of rotatable bonds is 4. The monoisotopic (exact) mass is 538 g/mol. The van der Waals surface area contributed by atoms with Crippen LogP contribution in [0.2, 0.25) is 0 Å². The third kappa shape index (κ3) is 8.87. The maximum Gasteiger partial charge on any atom is 0.338 e. The molecule has 1 fully saturated rings. The Balaban J connectivity index is 0.000000678. The van der Waals surface area contributed by atoms with Crippen molar-refractivity contribution in [2.24, 2.45) is 0 Å². The number of benzene rings is 1. The Morgan fingerprint density at radius 1 is 0.694 bits per heavy atom. The predicted octanol–water partition coefficient (Wildman–Crippen LogP) is 5.05. The van der Waals surface area contributed by atoms with Crippen LogP contribution in [0.25, 0.3) is 0 Å². The quantitative estimate of drug-likeness (QED) is 0.500. The molecule has 7 heteroatoms. The molecule has 196 valence electrons. The summed E-state index contributed by atoms with van der Waals surface area (Å²) in [6, 6.07) is 8.21. The van der Waals surface area contributed by atoms with Crippen LogP contribution < -0.4 is 0 Å². The fourth-order valence-corrected chi connectivity index (χ4v) is 4.09. The van der Waals surface area contributed by atoms with Crippen LogP contribution in [0, 0.1) is 32.1 Å². The van der Waals surface area contributed by atoms with Crippen LogP contribution in [0.15, 0.2) is 46.6 Å². The molecule has 0 saturated heterocycles. The van der Waals surface area contributed by atoms with Gasteiger partial charge in [0.1, 0.15) is 0 Å². The molecular weight excluding hydrogens is 503 g/mol. The van der Waals surface area contributed by atoms with Gasteiger partial charge in [-0.05, 0) is 93.9 Å². The largest absolute Gasteiger partial charge is 0.462 e. The SMILES string of the molecule is CCOC(=O)C1=C2CCCOCc3ccc(cc3)COCCCC1=C2C(=O)OCC.[CH]1[CH][CH][CH][CH]1.[Co]. The molecule has 1 saturated carbocycles. The number of hydrogen-bond donors (Lipinski definition) is 0. The molecule has 0 aromatic heterocycles. The third-order valence-corrected chi connectivity index (χ3v) is 5.71. The first-order valence-electron chi connectivity index (χ1n) is 12.4. The molecule has 1 aromatic rings. The van der Waals surface area contributed by atoms with Crippen LogP contribution >= 0.6 is 0 Å². The van der Waals surface area contributed by atoms with Gasteiger partial charge in [0.25, 0.3) is 0 Å². The van der Waals surface area contributed by atoms with Crippen LogP contribution in [-0.2, 0) is 58.5 Å². The van der Waals surface area contributed by atoms with E-state index >= 15 is 0 Å². The topological polar surface area (TPSA) is 71.1 Å². The summed E-state index contributed by atoms with van der Waals surface area (Å²) in [7, 11) is 0. The summed E-state index contributed by atoms with van der Waals surface area (Å²) in [4.78, 5) is 25.2. The molecule has 4 aliphatic heterocycles. The van der Waals surface area contributed by atoms with Crippen molar-refractivity contribution in [3.63, 3.8) is 0 Å². The van der Waals surface area contributed by atoms with Gasteiger partial charge in [-0.1, -0.05) is 24.3 Å². The standard InChI is InChI=1S/C24H30O6.C5H5.Co/c1-3-29-23(25)21-19-7-5-13-27-15-17-9-11-18(12-10-17)16-28-14-6-8-20(21)22(19)24(26)30-4-2;1-2-4-5-3-1;/h9-12H,3-8,13-16H2,1-2H3;1-5H;. The first-order valence-corrected chi connectivity index (χ1v) is 12.4. The zero-order valence-corrected chi connectivity index (χ0v) is 22.1. The first-order chi connectivity index (χ1) is 17.2. The molecule has 0 amide bonds. The first kappa shape index (κ1) is 30.3. The third-order valence-electron chi connectivity index (χ3n) is 5.71. The Morgan fingerprint density at radius 2 is 1.06 bits per heavy atom. The van der Waals surface area contributed by atoms with Crippen molar-refractivity contribution in [2.45, 2.75) is 52.7 Å². The molecular formula is C29H35CoO6. The fraction of sp³-hybridized carbons (Fsp3) is 0.414. The van der Waals surface area contributed by atoms with Crippen molar-refractivity contribution in [1.82, 2.24) is 0 Å². The zero-order chi connectivity index (χ0) is 24.9.